The van der Waals surface area contributed by atoms with Crippen LogP contribution in [0.5, 0.6) is 0 Å². The predicted molar refractivity (Wildman–Crippen MR) is 58.2 cm³/mol. The highest BCUT2D eigenvalue weighted by Gasteiger charge is 2.13. The van der Waals surface area contributed by atoms with Crippen LogP contribution in [-0.2, 0) is 0 Å². The van der Waals surface area contributed by atoms with Crippen LogP contribution in [0.2, 0.25) is 0 Å². The van der Waals surface area contributed by atoms with Crippen molar-refractivity contribution < 1.29 is 10.0 Å². The number of aryl methyl sites for hydroxylation is 1. The van der Waals surface area contributed by atoms with Gasteiger partial charge in [-0.25, -0.2) is 0 Å². The van der Waals surface area contributed by atoms with Crippen LogP contribution in [0.25, 0.3) is 0 Å². The summed E-state index contributed by atoms with van der Waals surface area (Å²) >= 11 is 0. The molecule has 7 nitrogen and oxygen atoms in total. The van der Waals surface area contributed by atoms with E-state index in [1.54, 1.807) is 13.8 Å². The minimum atomic E-state index is -0.233. The summed E-state index contributed by atoms with van der Waals surface area (Å²) in [6, 6.07) is 0. The molecule has 1 atom stereocenters. The summed E-state index contributed by atoms with van der Waals surface area (Å²) in [5, 5.41) is 20.4. The fourth-order valence-electron chi connectivity index (χ4n) is 1.12. The van der Waals surface area contributed by atoms with Crippen molar-refractivity contribution in [1.82, 2.24) is 15.5 Å². The fourth-order valence-corrected chi connectivity index (χ4v) is 1.12. The van der Waals surface area contributed by atoms with Crippen molar-refractivity contribution in [3.63, 3.8) is 0 Å². The van der Waals surface area contributed by atoms with Gasteiger partial charge in [0.1, 0.15) is 5.84 Å². The molecule has 0 spiro atoms. The number of nitrogens with two attached hydrogens (primary N) is 1. The van der Waals surface area contributed by atoms with E-state index in [9.17, 15) is 4.79 Å². The molecule has 1 aromatic heterocycles. The number of amides is 1. The highest BCUT2D eigenvalue weighted by atomic mass is 16.4. The van der Waals surface area contributed by atoms with Gasteiger partial charge in [0.05, 0.1) is 11.8 Å². The summed E-state index contributed by atoms with van der Waals surface area (Å²) in [5.74, 6) is -0.366. The van der Waals surface area contributed by atoms with Gasteiger partial charge in [0, 0.05) is 18.2 Å². The van der Waals surface area contributed by atoms with E-state index in [0.29, 0.717) is 17.8 Å². The molecule has 0 radical (unpaired) electrons. The maximum absolute atomic E-state index is 11.6. The van der Waals surface area contributed by atoms with Crippen molar-refractivity contribution >= 4 is 11.7 Å². The zero-order valence-corrected chi connectivity index (χ0v) is 9.19. The van der Waals surface area contributed by atoms with E-state index in [1.807, 2.05) is 0 Å². The molecule has 0 aromatic carbocycles. The van der Waals surface area contributed by atoms with E-state index in [1.165, 1.54) is 6.20 Å². The second-order valence-electron chi connectivity index (χ2n) is 3.54. The lowest BCUT2D eigenvalue weighted by atomic mass is 10.1. The van der Waals surface area contributed by atoms with Crippen LogP contribution >= 0.6 is 0 Å². The first-order valence-electron chi connectivity index (χ1n) is 4.81. The molecule has 1 amide bonds. The number of hydrogen-bond donors (Lipinski definition) is 4. The van der Waals surface area contributed by atoms with Crippen molar-refractivity contribution in [2.24, 2.45) is 16.8 Å². The Morgan fingerprint density at radius 1 is 1.81 bits per heavy atom. The monoisotopic (exact) mass is 225 g/mol. The number of carbonyl (C=O) groups is 1. The molecule has 16 heavy (non-hydrogen) atoms. The van der Waals surface area contributed by atoms with E-state index >= 15 is 0 Å². The Morgan fingerprint density at radius 2 is 2.50 bits per heavy atom. The molecule has 0 saturated heterocycles. The van der Waals surface area contributed by atoms with Crippen LogP contribution in [0.4, 0.5) is 0 Å². The predicted octanol–water partition coefficient (Wildman–Crippen LogP) is -0.170. The summed E-state index contributed by atoms with van der Waals surface area (Å²) in [6.07, 6.45) is 1.46. The highest BCUT2D eigenvalue weighted by Crippen LogP contribution is 2.02. The quantitative estimate of drug-likeness (QED) is 0.246. The maximum Gasteiger partial charge on any atom is 0.254 e. The first-order valence-corrected chi connectivity index (χ1v) is 4.81. The van der Waals surface area contributed by atoms with Gasteiger partial charge in [0.25, 0.3) is 5.91 Å². The molecule has 0 aliphatic heterocycles. The number of rotatable bonds is 4. The van der Waals surface area contributed by atoms with Crippen molar-refractivity contribution in [3.8, 4) is 0 Å². The number of aromatic amines is 1. The largest absolute Gasteiger partial charge is 0.409 e. The number of oxime groups is 1. The Kier molecular flexibility index (Phi) is 3.87. The summed E-state index contributed by atoms with van der Waals surface area (Å²) in [4.78, 5) is 11.6. The highest BCUT2D eigenvalue weighted by molar-refractivity contribution is 5.95. The minimum absolute atomic E-state index is 0.0872. The van der Waals surface area contributed by atoms with E-state index in [2.05, 4.69) is 20.7 Å². The van der Waals surface area contributed by atoms with Gasteiger partial charge in [-0.15, -0.1) is 0 Å². The van der Waals surface area contributed by atoms with Crippen molar-refractivity contribution in [2.45, 2.75) is 13.8 Å². The smallest absolute Gasteiger partial charge is 0.254 e. The normalized spacial score (nSPS) is 13.5. The summed E-state index contributed by atoms with van der Waals surface area (Å²) in [5.41, 5.74) is 6.58. The van der Waals surface area contributed by atoms with Crippen molar-refractivity contribution in [3.05, 3.63) is 17.5 Å². The molecule has 1 heterocycles. The van der Waals surface area contributed by atoms with Crippen LogP contribution in [0.15, 0.2) is 11.4 Å². The molecule has 1 unspecified atom stereocenters. The van der Waals surface area contributed by atoms with E-state index in [4.69, 9.17) is 10.9 Å². The second kappa shape index (κ2) is 5.15. The number of hydrogen-bond acceptors (Lipinski definition) is 4. The lowest BCUT2D eigenvalue weighted by Gasteiger charge is -2.10. The second-order valence-corrected chi connectivity index (χ2v) is 3.54. The van der Waals surface area contributed by atoms with Crippen LogP contribution in [-0.4, -0.2) is 33.7 Å². The maximum atomic E-state index is 11.6. The summed E-state index contributed by atoms with van der Waals surface area (Å²) in [6.45, 7) is 3.81. The van der Waals surface area contributed by atoms with E-state index in [0.717, 1.165) is 0 Å². The first kappa shape index (κ1) is 12.0. The van der Waals surface area contributed by atoms with Crippen molar-refractivity contribution in [1.29, 1.82) is 0 Å². The summed E-state index contributed by atoms with van der Waals surface area (Å²) in [7, 11) is 0. The van der Waals surface area contributed by atoms with Crippen molar-refractivity contribution in [2.75, 3.05) is 6.54 Å². The van der Waals surface area contributed by atoms with Crippen LogP contribution < -0.4 is 11.1 Å². The van der Waals surface area contributed by atoms with Gasteiger partial charge < -0.3 is 16.3 Å². The molecule has 0 fully saturated rings. The van der Waals surface area contributed by atoms with Gasteiger partial charge >= 0.3 is 0 Å². The van der Waals surface area contributed by atoms with E-state index in [-0.39, 0.29) is 17.7 Å². The van der Waals surface area contributed by atoms with Crippen LogP contribution in [0.3, 0.4) is 0 Å². The number of carbonyl (C=O) groups excluding carboxylic acids is 1. The molecular formula is C9H15N5O2. The molecular weight excluding hydrogens is 210 g/mol. The van der Waals surface area contributed by atoms with Gasteiger partial charge in [-0.2, -0.15) is 5.10 Å². The zero-order valence-electron chi connectivity index (χ0n) is 9.19. The molecule has 5 N–H and O–H groups in total. The number of amidine groups is 1. The molecule has 1 rings (SSSR count). The topological polar surface area (TPSA) is 116 Å². The molecule has 0 bridgehead atoms. The van der Waals surface area contributed by atoms with Gasteiger partial charge in [-0.3, -0.25) is 9.89 Å². The summed E-state index contributed by atoms with van der Waals surface area (Å²) < 4.78 is 0. The van der Waals surface area contributed by atoms with Gasteiger partial charge in [-0.05, 0) is 6.92 Å². The zero-order chi connectivity index (χ0) is 12.1. The third kappa shape index (κ3) is 2.72. The number of nitrogens with one attached hydrogen (secondary N) is 2. The number of H-pyrrole nitrogens is 1. The molecule has 7 heteroatoms. The lowest BCUT2D eigenvalue weighted by Crippen LogP contribution is -2.34. The molecule has 1 aromatic rings. The standard InChI is InChI=1S/C9H15N5O2/c1-5(8(10)14-16)3-11-9(15)7-4-12-13-6(7)2/h4-5,16H,3H2,1-2H3,(H2,10,14)(H,11,15)(H,12,13). The molecule has 0 saturated carbocycles. The third-order valence-electron chi connectivity index (χ3n) is 2.26. The number of aromatic nitrogens is 2. The SMILES string of the molecule is Cc1[nH]ncc1C(=O)NCC(C)C(N)=NO. The average Bonchev–Trinajstić information content (AvgIpc) is 2.70. The van der Waals surface area contributed by atoms with Gasteiger partial charge in [-0.1, -0.05) is 12.1 Å². The van der Waals surface area contributed by atoms with E-state index < -0.39 is 0 Å². The Hall–Kier alpha value is -2.05. The number of nitrogens with zero attached hydrogens (tertiary/aromatic N) is 2. The molecule has 88 valence electrons. The van der Waals surface area contributed by atoms with Crippen LogP contribution in [0, 0.1) is 12.8 Å². The minimum Gasteiger partial charge on any atom is -0.409 e. The van der Waals surface area contributed by atoms with Gasteiger partial charge in [0.2, 0.25) is 0 Å². The molecule has 0 aliphatic rings. The Bertz CT molecular complexity index is 398. The Labute approximate surface area is 92.7 Å². The Balaban J connectivity index is 2.51. The van der Waals surface area contributed by atoms with Gasteiger partial charge in [0.15, 0.2) is 0 Å². The third-order valence-corrected chi connectivity index (χ3v) is 2.26. The van der Waals surface area contributed by atoms with Crippen LogP contribution in [0.1, 0.15) is 23.0 Å². The lowest BCUT2D eigenvalue weighted by molar-refractivity contribution is 0.0950. The first-order chi connectivity index (χ1) is 7.56. The average molecular weight is 225 g/mol. The Morgan fingerprint density at radius 3 is 3.00 bits per heavy atom. The molecule has 0 aliphatic carbocycles. The fraction of sp³-hybridized carbons (Fsp3) is 0.444.